The Bertz CT molecular complexity index is 310. The van der Waals surface area contributed by atoms with Crippen molar-refractivity contribution in [2.45, 2.75) is 46.0 Å². The molecule has 0 saturated heterocycles. The zero-order valence-electron chi connectivity index (χ0n) is 15.1. The van der Waals surface area contributed by atoms with Crippen LogP contribution < -0.4 is 10.6 Å². The quantitative estimate of drug-likeness (QED) is 0.348. The van der Waals surface area contributed by atoms with Gasteiger partial charge in [0, 0.05) is 33.3 Å². The molecular formula is C17H36N4O. The van der Waals surface area contributed by atoms with Crippen molar-refractivity contribution >= 4 is 5.96 Å². The molecule has 1 aliphatic rings. The number of aliphatic imine (C=N–C) groups is 1. The Kier molecular flexibility index (Phi) is 9.48. The van der Waals surface area contributed by atoms with Gasteiger partial charge in [-0.05, 0) is 51.6 Å². The summed E-state index contributed by atoms with van der Waals surface area (Å²) in [6.07, 6.45) is 6.43. The zero-order valence-corrected chi connectivity index (χ0v) is 15.1. The molecule has 2 N–H and O–H groups in total. The Morgan fingerprint density at radius 2 is 2.00 bits per heavy atom. The molecule has 22 heavy (non-hydrogen) atoms. The second-order valence-corrected chi connectivity index (χ2v) is 6.48. The summed E-state index contributed by atoms with van der Waals surface area (Å²) in [5.74, 6) is 0.974. The number of methoxy groups -OCH3 is 1. The number of ether oxygens (including phenoxy) is 1. The van der Waals surface area contributed by atoms with E-state index in [0.717, 1.165) is 51.7 Å². The molecule has 0 unspecified atom stereocenters. The van der Waals surface area contributed by atoms with E-state index in [1.54, 1.807) is 7.11 Å². The van der Waals surface area contributed by atoms with E-state index in [0.29, 0.717) is 5.41 Å². The summed E-state index contributed by atoms with van der Waals surface area (Å²) < 4.78 is 5.09. The summed E-state index contributed by atoms with van der Waals surface area (Å²) in [5.41, 5.74) is 0.489. The summed E-state index contributed by atoms with van der Waals surface area (Å²) >= 11 is 0. The van der Waals surface area contributed by atoms with Crippen molar-refractivity contribution in [2.75, 3.05) is 53.5 Å². The highest BCUT2D eigenvalue weighted by Gasteiger charge is 2.34. The Morgan fingerprint density at radius 1 is 1.23 bits per heavy atom. The maximum atomic E-state index is 5.09. The van der Waals surface area contributed by atoms with E-state index < -0.39 is 0 Å². The molecule has 0 aromatic heterocycles. The first kappa shape index (κ1) is 19.2. The number of hydrogen-bond donors (Lipinski definition) is 2. The summed E-state index contributed by atoms with van der Waals surface area (Å²) in [6, 6.07) is 0. The van der Waals surface area contributed by atoms with Crippen LogP contribution in [0.25, 0.3) is 0 Å². The predicted octanol–water partition coefficient (Wildman–Crippen LogP) is 2.09. The van der Waals surface area contributed by atoms with Crippen LogP contribution in [-0.4, -0.2) is 64.3 Å². The molecule has 0 heterocycles. The van der Waals surface area contributed by atoms with Gasteiger partial charge < -0.3 is 20.3 Å². The molecule has 1 aliphatic carbocycles. The monoisotopic (exact) mass is 312 g/mol. The molecule has 5 heteroatoms. The minimum absolute atomic E-state index is 0.489. The fourth-order valence-corrected chi connectivity index (χ4v) is 2.80. The predicted molar refractivity (Wildman–Crippen MR) is 94.5 cm³/mol. The average Bonchev–Trinajstić information content (AvgIpc) is 2.48. The van der Waals surface area contributed by atoms with Crippen LogP contribution in [0.3, 0.4) is 0 Å². The van der Waals surface area contributed by atoms with Gasteiger partial charge in [-0.25, -0.2) is 0 Å². The van der Waals surface area contributed by atoms with Crippen LogP contribution in [-0.2, 0) is 4.74 Å². The lowest BCUT2D eigenvalue weighted by Gasteiger charge is -2.40. The molecule has 0 amide bonds. The molecule has 1 saturated carbocycles. The van der Waals surface area contributed by atoms with Gasteiger partial charge in [-0.1, -0.05) is 13.3 Å². The highest BCUT2D eigenvalue weighted by Crippen LogP contribution is 2.43. The number of likely N-dealkylation sites (N-methyl/N-ethyl adjacent to an activating group) is 1. The van der Waals surface area contributed by atoms with Crippen molar-refractivity contribution in [3.8, 4) is 0 Å². The van der Waals surface area contributed by atoms with E-state index in [-0.39, 0.29) is 0 Å². The third-order valence-corrected chi connectivity index (χ3v) is 4.77. The molecule has 130 valence electrons. The number of guanidine groups is 1. The van der Waals surface area contributed by atoms with E-state index in [9.17, 15) is 0 Å². The van der Waals surface area contributed by atoms with Crippen molar-refractivity contribution in [2.24, 2.45) is 10.4 Å². The van der Waals surface area contributed by atoms with Gasteiger partial charge in [-0.3, -0.25) is 4.99 Å². The SMILES string of the molecule is CCNC(=NCC1(CC)CCC1)NCCCN(C)CCOC. The third-order valence-electron chi connectivity index (χ3n) is 4.77. The van der Waals surface area contributed by atoms with E-state index >= 15 is 0 Å². The largest absolute Gasteiger partial charge is 0.383 e. The molecule has 0 bridgehead atoms. The van der Waals surface area contributed by atoms with E-state index in [1.807, 2.05) is 0 Å². The smallest absolute Gasteiger partial charge is 0.191 e. The van der Waals surface area contributed by atoms with Crippen LogP contribution in [0.15, 0.2) is 4.99 Å². The van der Waals surface area contributed by atoms with E-state index in [2.05, 4.69) is 36.4 Å². The molecule has 0 spiro atoms. The van der Waals surface area contributed by atoms with Gasteiger partial charge in [0.05, 0.1) is 6.61 Å². The first-order valence-corrected chi connectivity index (χ1v) is 8.85. The number of hydrogen-bond acceptors (Lipinski definition) is 3. The van der Waals surface area contributed by atoms with E-state index in [4.69, 9.17) is 9.73 Å². The molecule has 0 atom stereocenters. The minimum atomic E-state index is 0.489. The van der Waals surface area contributed by atoms with Gasteiger partial charge in [-0.2, -0.15) is 0 Å². The minimum Gasteiger partial charge on any atom is -0.383 e. The fourth-order valence-electron chi connectivity index (χ4n) is 2.80. The van der Waals surface area contributed by atoms with Crippen molar-refractivity contribution in [1.82, 2.24) is 15.5 Å². The van der Waals surface area contributed by atoms with Crippen molar-refractivity contribution in [3.05, 3.63) is 0 Å². The highest BCUT2D eigenvalue weighted by molar-refractivity contribution is 5.79. The number of rotatable bonds is 11. The maximum Gasteiger partial charge on any atom is 0.191 e. The normalized spacial score (nSPS) is 17.4. The first-order valence-electron chi connectivity index (χ1n) is 8.85. The lowest BCUT2D eigenvalue weighted by Crippen LogP contribution is -2.40. The molecule has 1 rings (SSSR count). The van der Waals surface area contributed by atoms with Crippen LogP contribution >= 0.6 is 0 Å². The van der Waals surface area contributed by atoms with Crippen LogP contribution in [0.4, 0.5) is 0 Å². The first-order chi connectivity index (χ1) is 10.7. The van der Waals surface area contributed by atoms with Crippen LogP contribution in [0.5, 0.6) is 0 Å². The van der Waals surface area contributed by atoms with Crippen molar-refractivity contribution < 1.29 is 4.74 Å². The standard InChI is InChI=1S/C17H36N4O/c1-5-17(9-7-10-17)15-20-16(18-6-2)19-11-8-12-21(3)13-14-22-4/h5-15H2,1-4H3,(H2,18,19,20). The Balaban J connectivity index is 2.25. The van der Waals surface area contributed by atoms with Crippen LogP contribution in [0, 0.1) is 5.41 Å². The summed E-state index contributed by atoms with van der Waals surface area (Å²) in [7, 11) is 3.89. The van der Waals surface area contributed by atoms with Gasteiger partial charge in [-0.15, -0.1) is 0 Å². The highest BCUT2D eigenvalue weighted by atomic mass is 16.5. The molecule has 0 aliphatic heterocycles. The average molecular weight is 313 g/mol. The molecular weight excluding hydrogens is 276 g/mol. The van der Waals surface area contributed by atoms with Crippen LogP contribution in [0.2, 0.25) is 0 Å². The molecule has 0 aromatic carbocycles. The second-order valence-electron chi connectivity index (χ2n) is 6.48. The van der Waals surface area contributed by atoms with Gasteiger partial charge in [0.2, 0.25) is 0 Å². The third kappa shape index (κ3) is 6.97. The fraction of sp³-hybridized carbons (Fsp3) is 0.941. The Hall–Kier alpha value is -0.810. The maximum absolute atomic E-state index is 5.09. The lowest BCUT2D eigenvalue weighted by atomic mass is 9.67. The van der Waals surface area contributed by atoms with Crippen LogP contribution in [0.1, 0.15) is 46.0 Å². The second kappa shape index (κ2) is 10.8. The Morgan fingerprint density at radius 3 is 2.55 bits per heavy atom. The zero-order chi connectivity index (χ0) is 16.3. The van der Waals surface area contributed by atoms with Crippen molar-refractivity contribution in [3.63, 3.8) is 0 Å². The van der Waals surface area contributed by atoms with Gasteiger partial charge in [0.25, 0.3) is 0 Å². The number of nitrogens with zero attached hydrogens (tertiary/aromatic N) is 2. The number of nitrogens with one attached hydrogen (secondary N) is 2. The molecule has 1 fully saturated rings. The summed E-state index contributed by atoms with van der Waals surface area (Å²) in [6.45, 7) is 10.1. The van der Waals surface area contributed by atoms with Gasteiger partial charge in [0.15, 0.2) is 5.96 Å². The Labute approximate surface area is 136 Å². The van der Waals surface area contributed by atoms with Gasteiger partial charge >= 0.3 is 0 Å². The topological polar surface area (TPSA) is 48.9 Å². The summed E-state index contributed by atoms with van der Waals surface area (Å²) in [5, 5.41) is 6.81. The molecule has 5 nitrogen and oxygen atoms in total. The van der Waals surface area contributed by atoms with E-state index in [1.165, 1.54) is 25.7 Å². The molecule has 0 radical (unpaired) electrons. The lowest BCUT2D eigenvalue weighted by molar-refractivity contribution is 0.139. The van der Waals surface area contributed by atoms with Crippen molar-refractivity contribution in [1.29, 1.82) is 0 Å². The summed E-state index contributed by atoms with van der Waals surface area (Å²) in [4.78, 5) is 7.11. The van der Waals surface area contributed by atoms with Gasteiger partial charge in [0.1, 0.15) is 0 Å². The molecule has 0 aromatic rings.